The minimum Gasteiger partial charge on any atom is -0.496 e. The van der Waals surface area contributed by atoms with Gasteiger partial charge in [0.1, 0.15) is 23.4 Å². The van der Waals surface area contributed by atoms with Crippen molar-refractivity contribution in [3.05, 3.63) is 78.2 Å². The first-order valence-electron chi connectivity index (χ1n) is 11.1. The molecule has 37 heavy (non-hydrogen) atoms. The summed E-state index contributed by atoms with van der Waals surface area (Å²) in [5.41, 5.74) is 1.94. The minimum absolute atomic E-state index is 0.360. The number of methoxy groups -OCH3 is 1. The summed E-state index contributed by atoms with van der Waals surface area (Å²) < 4.78 is 65.6. The van der Waals surface area contributed by atoms with Gasteiger partial charge in [-0.3, -0.25) is 4.79 Å². The van der Waals surface area contributed by atoms with Crippen LogP contribution in [-0.4, -0.2) is 41.3 Å². The quantitative estimate of drug-likeness (QED) is 0.220. The number of carbonyl (C=O) groups excluding carboxylic acids is 1. The molecule has 1 amide bonds. The van der Waals surface area contributed by atoms with E-state index in [9.17, 15) is 22.4 Å². The highest BCUT2D eigenvalue weighted by molar-refractivity contribution is 7.98. The number of ether oxygens (including phenoxy) is 2. The van der Waals surface area contributed by atoms with E-state index < -0.39 is 24.2 Å². The Morgan fingerprint density at radius 1 is 1.11 bits per heavy atom. The number of hydrogen-bond acceptors (Lipinski definition) is 5. The molecule has 0 unspecified atom stereocenters. The second kappa shape index (κ2) is 10.7. The third-order valence-corrected chi connectivity index (χ3v) is 6.53. The highest BCUT2D eigenvalue weighted by Crippen LogP contribution is 2.38. The van der Waals surface area contributed by atoms with E-state index in [0.29, 0.717) is 33.0 Å². The molecule has 0 aliphatic carbocycles. The van der Waals surface area contributed by atoms with E-state index in [1.165, 1.54) is 37.9 Å². The number of thioether (sulfide) groups is 1. The van der Waals surface area contributed by atoms with E-state index in [1.807, 2.05) is 11.6 Å². The van der Waals surface area contributed by atoms with Crippen molar-refractivity contribution in [3.63, 3.8) is 0 Å². The second-order valence-electron chi connectivity index (χ2n) is 8.13. The molecule has 4 rings (SSSR count). The number of nitrogens with one attached hydrogen (secondary N) is 1. The monoisotopic (exact) mass is 533 g/mol. The molecule has 2 atom stereocenters. The van der Waals surface area contributed by atoms with Crippen LogP contribution in [0, 0.1) is 5.82 Å². The molecule has 11 heteroatoms. The van der Waals surface area contributed by atoms with Crippen molar-refractivity contribution in [1.29, 1.82) is 0 Å². The van der Waals surface area contributed by atoms with E-state index in [-0.39, 0.29) is 5.82 Å². The zero-order valence-electron chi connectivity index (χ0n) is 20.0. The fourth-order valence-corrected chi connectivity index (χ4v) is 4.73. The highest BCUT2D eigenvalue weighted by Gasteiger charge is 2.41. The first-order chi connectivity index (χ1) is 17.6. The van der Waals surface area contributed by atoms with Crippen molar-refractivity contribution in [2.24, 2.45) is 0 Å². The summed E-state index contributed by atoms with van der Waals surface area (Å²) in [7, 11) is 1.50. The van der Waals surface area contributed by atoms with Gasteiger partial charge in [0.2, 0.25) is 0 Å². The van der Waals surface area contributed by atoms with Gasteiger partial charge in [-0.25, -0.2) is 9.07 Å². The van der Waals surface area contributed by atoms with E-state index in [0.717, 1.165) is 5.52 Å². The van der Waals surface area contributed by atoms with Gasteiger partial charge in [0.25, 0.3) is 0 Å². The Hall–Kier alpha value is -3.73. The van der Waals surface area contributed by atoms with Gasteiger partial charge >= 0.3 is 12.1 Å². The van der Waals surface area contributed by atoms with Crippen LogP contribution in [0.5, 0.6) is 11.5 Å². The summed E-state index contributed by atoms with van der Waals surface area (Å²) in [4.78, 5) is 12.4. The summed E-state index contributed by atoms with van der Waals surface area (Å²) in [6.45, 7) is 1.45. The molecule has 194 valence electrons. The molecule has 0 aliphatic rings. The number of aromatic nitrogens is 2. The van der Waals surface area contributed by atoms with Gasteiger partial charge in [-0.05, 0) is 61.7 Å². The molecule has 1 aromatic heterocycles. The molecule has 4 aromatic rings. The summed E-state index contributed by atoms with van der Waals surface area (Å²) in [5, 5.41) is 7.07. The first-order valence-corrected chi connectivity index (χ1v) is 12.3. The molecule has 0 radical (unpaired) electrons. The maximum absolute atomic E-state index is 13.3. The van der Waals surface area contributed by atoms with Crippen LogP contribution in [0.15, 0.2) is 71.8 Å². The van der Waals surface area contributed by atoms with Gasteiger partial charge in [-0.1, -0.05) is 12.1 Å². The Morgan fingerprint density at radius 3 is 2.49 bits per heavy atom. The van der Waals surface area contributed by atoms with E-state index in [4.69, 9.17) is 9.47 Å². The molecule has 1 heterocycles. The third kappa shape index (κ3) is 5.66. The number of hydrogen-bond donors (Lipinski definition) is 1. The number of fused-ring (bicyclic) bond motifs is 1. The Bertz CT molecular complexity index is 1410. The van der Waals surface area contributed by atoms with Crippen LogP contribution >= 0.6 is 11.8 Å². The van der Waals surface area contributed by atoms with Crippen LogP contribution < -0.4 is 14.8 Å². The summed E-state index contributed by atoms with van der Waals surface area (Å²) in [6, 6.07) is 15.1. The molecule has 0 spiro atoms. The maximum Gasteiger partial charge on any atom is 0.471 e. The van der Waals surface area contributed by atoms with Crippen molar-refractivity contribution in [2.45, 2.75) is 30.1 Å². The average molecular weight is 534 g/mol. The standard InChI is InChI=1S/C26H23F4N3O3S/c1-15(32-25(34)26(28,29)30)23(20-5-4-6-22(35-2)24(20)37-3)36-19-11-12-21-16(13-19)14-31-33(21)18-9-7-17(27)8-10-18/h4-15,23H,1-3H3,(H,32,34)/t15-,23-/m0/s1. The summed E-state index contributed by atoms with van der Waals surface area (Å²) >= 11 is 1.35. The minimum atomic E-state index is -5.04. The third-order valence-electron chi connectivity index (χ3n) is 5.68. The summed E-state index contributed by atoms with van der Waals surface area (Å²) in [5.74, 6) is -1.53. The molecule has 0 aliphatic heterocycles. The number of benzene rings is 3. The van der Waals surface area contributed by atoms with Crippen molar-refractivity contribution in [3.8, 4) is 17.2 Å². The van der Waals surface area contributed by atoms with Crippen molar-refractivity contribution in [1.82, 2.24) is 15.1 Å². The molecular formula is C26H23F4N3O3S. The van der Waals surface area contributed by atoms with Crippen LogP contribution in [0.1, 0.15) is 18.6 Å². The molecule has 3 aromatic carbocycles. The van der Waals surface area contributed by atoms with Crippen molar-refractivity contribution < 1.29 is 31.8 Å². The molecule has 0 bridgehead atoms. The number of amides is 1. The van der Waals surface area contributed by atoms with Gasteiger partial charge in [0, 0.05) is 10.9 Å². The number of alkyl halides is 3. The van der Waals surface area contributed by atoms with Crippen molar-refractivity contribution in [2.75, 3.05) is 13.4 Å². The lowest BCUT2D eigenvalue weighted by Gasteiger charge is -2.28. The molecule has 0 saturated carbocycles. The van der Waals surface area contributed by atoms with Gasteiger partial charge in [-0.2, -0.15) is 18.3 Å². The first kappa shape index (κ1) is 26.3. The zero-order chi connectivity index (χ0) is 26.7. The predicted octanol–water partition coefficient (Wildman–Crippen LogP) is 6.08. The van der Waals surface area contributed by atoms with Crippen LogP contribution in [0.3, 0.4) is 0 Å². The SMILES string of the molecule is COc1cccc([C@@H](Oc2ccc3c(cnn3-c3ccc(F)cc3)c2)[C@H](C)NC(=O)C(F)(F)F)c1SC. The van der Waals surface area contributed by atoms with Gasteiger partial charge in [0.15, 0.2) is 0 Å². The van der Waals surface area contributed by atoms with E-state index in [1.54, 1.807) is 59.4 Å². The Morgan fingerprint density at radius 2 is 1.84 bits per heavy atom. The summed E-state index contributed by atoms with van der Waals surface area (Å²) in [6.07, 6.45) is -2.60. The van der Waals surface area contributed by atoms with E-state index in [2.05, 4.69) is 5.10 Å². The fraction of sp³-hybridized carbons (Fsp3) is 0.231. The molecule has 0 fully saturated rings. The molecule has 0 saturated heterocycles. The van der Waals surface area contributed by atoms with Crippen molar-refractivity contribution >= 4 is 28.6 Å². The van der Waals surface area contributed by atoms with Crippen LogP contribution in [-0.2, 0) is 4.79 Å². The Kier molecular flexibility index (Phi) is 7.63. The number of nitrogens with zero attached hydrogens (tertiary/aromatic N) is 2. The van der Waals surface area contributed by atoms with Crippen LogP contribution in [0.2, 0.25) is 0 Å². The predicted molar refractivity (Wildman–Crippen MR) is 133 cm³/mol. The van der Waals surface area contributed by atoms with E-state index >= 15 is 0 Å². The maximum atomic E-state index is 13.3. The lowest BCUT2D eigenvalue weighted by molar-refractivity contribution is -0.174. The zero-order valence-corrected chi connectivity index (χ0v) is 20.9. The lowest BCUT2D eigenvalue weighted by atomic mass is 10.0. The van der Waals surface area contributed by atoms with Gasteiger partial charge < -0.3 is 14.8 Å². The highest BCUT2D eigenvalue weighted by atomic mass is 32.2. The molecular weight excluding hydrogens is 510 g/mol. The largest absolute Gasteiger partial charge is 0.496 e. The topological polar surface area (TPSA) is 65.4 Å². The Labute approximate surface area is 214 Å². The van der Waals surface area contributed by atoms with Crippen LogP contribution in [0.4, 0.5) is 17.6 Å². The number of halogens is 4. The smallest absolute Gasteiger partial charge is 0.471 e. The molecule has 1 N–H and O–H groups in total. The second-order valence-corrected chi connectivity index (χ2v) is 8.95. The van der Waals surface area contributed by atoms with Gasteiger partial charge in [-0.15, -0.1) is 11.8 Å². The average Bonchev–Trinajstić information content (AvgIpc) is 3.29. The molecule has 6 nitrogen and oxygen atoms in total. The Balaban J connectivity index is 1.71. The van der Waals surface area contributed by atoms with Crippen LogP contribution in [0.25, 0.3) is 16.6 Å². The normalized spacial score (nSPS) is 13.3. The number of rotatable bonds is 8. The number of carbonyl (C=O) groups is 1. The lowest BCUT2D eigenvalue weighted by Crippen LogP contribution is -2.45. The van der Waals surface area contributed by atoms with Gasteiger partial charge in [0.05, 0.1) is 35.4 Å². The fourth-order valence-electron chi connectivity index (χ4n) is 3.95.